The number of nitrogens with zero attached hydrogens (tertiary/aromatic N) is 9. The Labute approximate surface area is 379 Å². The zero-order chi connectivity index (χ0) is 45.5. The summed E-state index contributed by atoms with van der Waals surface area (Å²) >= 11 is 0. The topological polar surface area (TPSA) is 178 Å². The molecule has 4 fully saturated rings. The predicted molar refractivity (Wildman–Crippen MR) is 245 cm³/mol. The largest absolute Gasteiger partial charge is 0.374 e. The van der Waals surface area contributed by atoms with Crippen LogP contribution >= 0.6 is 0 Å². The third-order valence-electron chi connectivity index (χ3n) is 14.3. The van der Waals surface area contributed by atoms with Crippen LogP contribution in [0.4, 0.5) is 15.9 Å². The molecule has 4 aromatic heterocycles. The van der Waals surface area contributed by atoms with Crippen LogP contribution in [0.2, 0.25) is 0 Å². The molecule has 1 aromatic carbocycles. The molecule has 3 amide bonds. The monoisotopic (exact) mass is 882 g/mol. The van der Waals surface area contributed by atoms with Gasteiger partial charge in [-0.2, -0.15) is 15.5 Å². The summed E-state index contributed by atoms with van der Waals surface area (Å²) in [7, 11) is 0. The van der Waals surface area contributed by atoms with Crippen LogP contribution in [0.15, 0.2) is 61.3 Å². The maximum Gasteiger partial charge on any atom is 0.249 e. The fourth-order valence-corrected chi connectivity index (χ4v) is 10.4. The van der Waals surface area contributed by atoms with Crippen molar-refractivity contribution >= 4 is 34.7 Å². The number of nitrogens with one attached hydrogen (secondary N) is 3. The molecular weight excluding hydrogens is 824 g/mol. The van der Waals surface area contributed by atoms with E-state index < -0.39 is 6.04 Å². The third kappa shape index (κ3) is 9.20. The number of halogens is 1. The molecule has 0 bridgehead atoms. The molecule has 0 spiro atoms. The number of hydrogen-bond acceptors (Lipinski definition) is 11. The van der Waals surface area contributed by atoms with Gasteiger partial charge in [-0.1, -0.05) is 13.0 Å². The van der Waals surface area contributed by atoms with E-state index >= 15 is 4.39 Å². The zero-order valence-corrected chi connectivity index (χ0v) is 37.8. The van der Waals surface area contributed by atoms with E-state index in [2.05, 4.69) is 54.7 Å². The Morgan fingerprint density at radius 1 is 0.923 bits per heavy atom. The fraction of sp³-hybridized carbons (Fsp3) is 0.510. The van der Waals surface area contributed by atoms with Crippen LogP contribution < -0.4 is 20.9 Å². The van der Waals surface area contributed by atoms with Crippen LogP contribution in [0, 0.1) is 22.6 Å². The van der Waals surface area contributed by atoms with Crippen molar-refractivity contribution in [2.24, 2.45) is 5.41 Å². The first-order valence-corrected chi connectivity index (χ1v) is 23.3. The van der Waals surface area contributed by atoms with E-state index in [9.17, 15) is 19.6 Å². The number of benzene rings is 1. The molecule has 15 nitrogen and oxygen atoms in total. The number of piperidine rings is 3. The van der Waals surface area contributed by atoms with Crippen molar-refractivity contribution in [3.8, 4) is 28.6 Å². The van der Waals surface area contributed by atoms with Crippen molar-refractivity contribution in [3.05, 3.63) is 78.3 Å². The van der Waals surface area contributed by atoms with Gasteiger partial charge >= 0.3 is 0 Å². The lowest BCUT2D eigenvalue weighted by Gasteiger charge is -2.42. The minimum Gasteiger partial charge on any atom is -0.374 e. The van der Waals surface area contributed by atoms with Gasteiger partial charge in [0.15, 0.2) is 0 Å². The van der Waals surface area contributed by atoms with Crippen LogP contribution in [0.25, 0.3) is 28.0 Å². The van der Waals surface area contributed by atoms with Crippen LogP contribution in [0.3, 0.4) is 0 Å². The van der Waals surface area contributed by atoms with Crippen molar-refractivity contribution in [3.63, 3.8) is 0 Å². The molecule has 3 N–H and O–H groups in total. The molecule has 0 unspecified atom stereocenters. The molecule has 5 aromatic rings. The van der Waals surface area contributed by atoms with E-state index in [0.717, 1.165) is 106 Å². The number of carbonyl (C=O) groups excluding carboxylic acids is 3. The summed E-state index contributed by atoms with van der Waals surface area (Å²) in [6.07, 6.45) is 18.0. The molecule has 3 saturated heterocycles. The van der Waals surface area contributed by atoms with Crippen molar-refractivity contribution in [2.45, 2.75) is 128 Å². The van der Waals surface area contributed by atoms with E-state index in [1.165, 1.54) is 6.07 Å². The molecule has 340 valence electrons. The quantitative estimate of drug-likeness (QED) is 0.121. The van der Waals surface area contributed by atoms with Gasteiger partial charge in [0.05, 0.1) is 41.4 Å². The Hall–Kier alpha value is -6.21. The average Bonchev–Trinajstić information content (AvgIpc) is 3.98. The Morgan fingerprint density at radius 2 is 1.68 bits per heavy atom. The van der Waals surface area contributed by atoms with Crippen LogP contribution in [-0.4, -0.2) is 95.8 Å². The number of anilines is 2. The van der Waals surface area contributed by atoms with Gasteiger partial charge in [0.25, 0.3) is 0 Å². The van der Waals surface area contributed by atoms with Gasteiger partial charge < -0.3 is 20.4 Å². The number of hydrogen-bond donors (Lipinski definition) is 3. The minimum atomic E-state index is -0.547. The maximum absolute atomic E-state index is 15.4. The molecule has 16 heteroatoms. The van der Waals surface area contributed by atoms with Crippen molar-refractivity contribution < 1.29 is 18.8 Å². The molecule has 1 atom stereocenters. The number of nitriles is 1. The smallest absolute Gasteiger partial charge is 0.249 e. The Morgan fingerprint density at radius 3 is 2.34 bits per heavy atom. The number of imide groups is 1. The first-order valence-electron chi connectivity index (χ1n) is 23.3. The van der Waals surface area contributed by atoms with Crippen LogP contribution in [0.1, 0.15) is 121 Å². The normalized spacial score (nSPS) is 22.1. The van der Waals surface area contributed by atoms with Gasteiger partial charge in [0, 0.05) is 60.3 Å². The van der Waals surface area contributed by atoms with E-state index in [1.54, 1.807) is 10.7 Å². The van der Waals surface area contributed by atoms with Crippen molar-refractivity contribution in [1.82, 2.24) is 44.9 Å². The number of amides is 3. The Bertz CT molecular complexity index is 2600. The highest BCUT2D eigenvalue weighted by Crippen LogP contribution is 2.39. The van der Waals surface area contributed by atoms with Crippen molar-refractivity contribution in [1.29, 1.82) is 5.26 Å². The average molecular weight is 883 g/mol. The summed E-state index contributed by atoms with van der Waals surface area (Å²) in [4.78, 5) is 51.8. The standard InChI is InChI=1S/C49H59FN12O3/c1-5-49(47(65)58-48(2,3)4)18-22-60(23-19-49)42-14-6-32(26-52-42)44-45-33(25-51)27-54-62(45)30-41(56-44)34-28-53-61(29-34)37-10-8-36(9-11-37)59-20-16-31(17-21-59)38-12-7-35(24-39(38)50)55-40-13-15-43(63)57-46(40)64/h6-7,12,14,24,26-31,36-37,40,55H,5,8-11,13,15-23H2,1-4H3,(H,58,65)(H,57,63,64)/t36-,37-,40-/m1/s1. The van der Waals surface area contributed by atoms with Gasteiger partial charge in [-0.3, -0.25) is 24.4 Å². The lowest BCUT2D eigenvalue weighted by atomic mass is 9.75. The summed E-state index contributed by atoms with van der Waals surface area (Å²) in [5, 5.41) is 28.0. The number of pyridine rings is 1. The summed E-state index contributed by atoms with van der Waals surface area (Å²) in [6, 6.07) is 11.6. The second-order valence-corrected chi connectivity index (χ2v) is 19.5. The molecule has 0 radical (unpaired) electrons. The molecule has 9 rings (SSSR count). The number of likely N-dealkylation sites (tertiary alicyclic amines) is 1. The lowest BCUT2D eigenvalue weighted by Crippen LogP contribution is -2.53. The first kappa shape index (κ1) is 44.0. The fourth-order valence-electron chi connectivity index (χ4n) is 10.4. The second-order valence-electron chi connectivity index (χ2n) is 19.5. The maximum atomic E-state index is 15.4. The van der Waals surface area contributed by atoms with E-state index in [4.69, 9.17) is 15.1 Å². The summed E-state index contributed by atoms with van der Waals surface area (Å²) in [6.45, 7) is 11.5. The molecule has 7 heterocycles. The number of aromatic nitrogens is 6. The molecule has 1 aliphatic carbocycles. The van der Waals surface area contributed by atoms with Crippen LogP contribution in [0.5, 0.6) is 0 Å². The van der Waals surface area contributed by atoms with Gasteiger partial charge in [0.2, 0.25) is 17.7 Å². The zero-order valence-electron chi connectivity index (χ0n) is 37.8. The molecular formula is C49H59FN12O3. The predicted octanol–water partition coefficient (Wildman–Crippen LogP) is 7.16. The number of carbonyl (C=O) groups is 3. The minimum absolute atomic E-state index is 0.131. The van der Waals surface area contributed by atoms with Gasteiger partial charge in [-0.25, -0.2) is 18.9 Å². The summed E-state index contributed by atoms with van der Waals surface area (Å²) < 4.78 is 19.2. The number of rotatable bonds is 10. The highest BCUT2D eigenvalue weighted by Gasteiger charge is 2.41. The number of fused-ring (bicyclic) bond motifs is 1. The summed E-state index contributed by atoms with van der Waals surface area (Å²) in [5.74, 6) is 0.213. The van der Waals surface area contributed by atoms with Gasteiger partial charge in [0.1, 0.15) is 34.8 Å². The lowest BCUT2D eigenvalue weighted by molar-refractivity contribution is -0.135. The Balaban J connectivity index is 0.816. The second kappa shape index (κ2) is 18.0. The van der Waals surface area contributed by atoms with E-state index in [-0.39, 0.29) is 52.9 Å². The Kier molecular flexibility index (Phi) is 12.2. The molecule has 4 aliphatic rings. The summed E-state index contributed by atoms with van der Waals surface area (Å²) in [5.41, 5.74) is 4.63. The molecule has 65 heavy (non-hydrogen) atoms. The highest BCUT2D eigenvalue weighted by atomic mass is 19.1. The first-order chi connectivity index (χ1) is 31.3. The van der Waals surface area contributed by atoms with Crippen LogP contribution in [-0.2, 0) is 14.4 Å². The van der Waals surface area contributed by atoms with Gasteiger partial charge in [-0.05, 0) is 134 Å². The highest BCUT2D eigenvalue weighted by molar-refractivity contribution is 6.01. The molecule has 3 aliphatic heterocycles. The van der Waals surface area contributed by atoms with Gasteiger partial charge in [-0.15, -0.1) is 0 Å². The van der Waals surface area contributed by atoms with Crippen molar-refractivity contribution in [2.75, 3.05) is 36.4 Å². The van der Waals surface area contributed by atoms with E-state index in [0.29, 0.717) is 40.6 Å². The van der Waals surface area contributed by atoms with E-state index in [1.807, 2.05) is 63.6 Å². The third-order valence-corrected chi connectivity index (χ3v) is 14.3. The molecule has 1 saturated carbocycles. The SMILES string of the molecule is CCC1(C(=O)NC(C)(C)C)CCN(c2ccc(-c3nc(-c4cnn([C@H]5CC[C@H](N6CCC(c7ccc(N[C@@H]8CCC(=O)NC8=O)cc7F)CC6)CC5)c4)cn4ncc(C#N)c34)cn2)CC1.